The molecule has 4 N–H and O–H groups in total. The molecule has 0 heterocycles. The minimum atomic E-state index is -4.08. The predicted octanol–water partition coefficient (Wildman–Crippen LogP) is -0.403. The van der Waals surface area contributed by atoms with Crippen molar-refractivity contribution in [2.45, 2.75) is 11.8 Å². The molecule has 0 spiro atoms. The van der Waals surface area contributed by atoms with E-state index in [1.54, 1.807) is 6.92 Å². The summed E-state index contributed by atoms with van der Waals surface area (Å²) in [6.45, 7) is 1.71. The third kappa shape index (κ3) is 3.19. The van der Waals surface area contributed by atoms with E-state index < -0.39 is 24.9 Å². The van der Waals surface area contributed by atoms with E-state index in [0.29, 0.717) is 0 Å². The highest BCUT2D eigenvalue weighted by Crippen LogP contribution is 2.18. The molecule has 0 aliphatic carbocycles. The van der Waals surface area contributed by atoms with Gasteiger partial charge in [-0.1, -0.05) is 6.07 Å². The molecule has 0 unspecified atom stereocenters. The van der Waals surface area contributed by atoms with Gasteiger partial charge >= 0.3 is 0 Å². The SMILES string of the molecule is Cc1ccc(S(=O)(=O)CS(N)(=O)=O)cc1N. The lowest BCUT2D eigenvalue weighted by Gasteiger charge is -2.05. The zero-order valence-corrected chi connectivity index (χ0v) is 10.2. The van der Waals surface area contributed by atoms with Gasteiger partial charge in [0, 0.05) is 5.69 Å². The summed E-state index contributed by atoms with van der Waals surface area (Å²) in [6, 6.07) is 4.02. The first-order valence-electron chi connectivity index (χ1n) is 4.21. The molecule has 1 rings (SSSR count). The highest BCUT2D eigenvalue weighted by atomic mass is 32.3. The molecule has 8 heteroatoms. The molecule has 0 saturated heterocycles. The average Bonchev–Trinajstić information content (AvgIpc) is 2.05. The number of rotatable bonds is 3. The van der Waals surface area contributed by atoms with Gasteiger partial charge in [-0.2, -0.15) is 0 Å². The van der Waals surface area contributed by atoms with Crippen LogP contribution in [0.25, 0.3) is 0 Å². The van der Waals surface area contributed by atoms with Gasteiger partial charge in [0.25, 0.3) is 0 Å². The first kappa shape index (κ1) is 12.9. The Morgan fingerprint density at radius 2 is 1.75 bits per heavy atom. The zero-order valence-electron chi connectivity index (χ0n) is 8.54. The Morgan fingerprint density at radius 1 is 1.19 bits per heavy atom. The molecule has 90 valence electrons. The molecule has 1 aromatic carbocycles. The zero-order chi connectivity index (χ0) is 12.6. The number of primary sulfonamides is 1. The Labute approximate surface area is 94.2 Å². The minimum absolute atomic E-state index is 0.148. The number of sulfonamides is 1. The number of anilines is 1. The summed E-state index contributed by atoms with van der Waals surface area (Å²) in [6.07, 6.45) is 0. The van der Waals surface area contributed by atoms with Gasteiger partial charge in [0.15, 0.2) is 14.9 Å². The smallest absolute Gasteiger partial charge is 0.223 e. The van der Waals surface area contributed by atoms with Crippen LogP contribution in [0.5, 0.6) is 0 Å². The third-order valence-electron chi connectivity index (χ3n) is 1.93. The lowest BCUT2D eigenvalue weighted by Crippen LogP contribution is -2.23. The summed E-state index contributed by atoms with van der Waals surface area (Å²) in [4.78, 5) is -0.148. The van der Waals surface area contributed by atoms with Crippen molar-refractivity contribution in [2.24, 2.45) is 5.14 Å². The molecule has 0 fully saturated rings. The summed E-state index contributed by atoms with van der Waals surface area (Å²) < 4.78 is 44.7. The summed E-state index contributed by atoms with van der Waals surface area (Å²) >= 11 is 0. The van der Waals surface area contributed by atoms with Crippen molar-refractivity contribution in [3.05, 3.63) is 23.8 Å². The molecule has 0 aliphatic heterocycles. The molecule has 0 aliphatic rings. The van der Waals surface area contributed by atoms with E-state index in [0.717, 1.165) is 5.56 Å². The van der Waals surface area contributed by atoms with Crippen LogP contribution in [0, 0.1) is 6.92 Å². The Balaban J connectivity index is 3.24. The van der Waals surface area contributed by atoms with Crippen LogP contribution >= 0.6 is 0 Å². The van der Waals surface area contributed by atoms with Gasteiger partial charge in [0.05, 0.1) is 4.90 Å². The molecule has 0 saturated carbocycles. The molecule has 1 aromatic rings. The molecular formula is C8H12N2O4S2. The number of benzene rings is 1. The Hall–Kier alpha value is -1.12. The molecule has 0 aromatic heterocycles. The van der Waals surface area contributed by atoms with Crippen LogP contribution in [0.2, 0.25) is 0 Å². The van der Waals surface area contributed by atoms with Crippen LogP contribution in [-0.2, 0) is 19.9 Å². The second-order valence-corrected chi connectivity index (χ2v) is 7.38. The maximum Gasteiger partial charge on any atom is 0.223 e. The second kappa shape index (κ2) is 4.04. The molecule has 6 nitrogen and oxygen atoms in total. The Morgan fingerprint density at radius 3 is 2.19 bits per heavy atom. The quantitative estimate of drug-likeness (QED) is 0.719. The second-order valence-electron chi connectivity index (χ2n) is 3.41. The number of nitrogens with two attached hydrogens (primary N) is 2. The fourth-order valence-corrected chi connectivity index (χ4v) is 3.95. The van der Waals surface area contributed by atoms with Crippen LogP contribution in [0.1, 0.15) is 5.56 Å². The molecule has 0 amide bonds. The minimum Gasteiger partial charge on any atom is -0.398 e. The van der Waals surface area contributed by atoms with Crippen LogP contribution in [0.15, 0.2) is 23.1 Å². The Kier molecular flexibility index (Phi) is 3.27. The lowest BCUT2D eigenvalue weighted by molar-refractivity contribution is 0.590. The van der Waals surface area contributed by atoms with E-state index in [-0.39, 0.29) is 10.6 Å². The van der Waals surface area contributed by atoms with E-state index in [1.807, 2.05) is 0 Å². The first-order valence-corrected chi connectivity index (χ1v) is 7.58. The van der Waals surface area contributed by atoms with Crippen molar-refractivity contribution in [2.75, 3.05) is 10.8 Å². The van der Waals surface area contributed by atoms with Crippen molar-refractivity contribution in [1.29, 1.82) is 0 Å². The van der Waals surface area contributed by atoms with Crippen molar-refractivity contribution < 1.29 is 16.8 Å². The predicted molar refractivity (Wildman–Crippen MR) is 60.8 cm³/mol. The van der Waals surface area contributed by atoms with E-state index in [4.69, 9.17) is 5.73 Å². The normalized spacial score (nSPS) is 12.6. The van der Waals surface area contributed by atoms with Gasteiger partial charge < -0.3 is 5.73 Å². The monoisotopic (exact) mass is 264 g/mol. The summed E-state index contributed by atoms with van der Waals surface area (Å²) in [7, 11) is -8.03. The van der Waals surface area contributed by atoms with Gasteiger partial charge in [-0.3, -0.25) is 0 Å². The summed E-state index contributed by atoms with van der Waals surface area (Å²) in [5.41, 5.74) is 6.54. The van der Waals surface area contributed by atoms with Crippen molar-refractivity contribution >= 4 is 25.5 Å². The van der Waals surface area contributed by atoms with Crippen molar-refractivity contribution in [3.8, 4) is 0 Å². The fourth-order valence-electron chi connectivity index (χ4n) is 1.10. The molecule has 16 heavy (non-hydrogen) atoms. The number of hydrogen-bond acceptors (Lipinski definition) is 5. The van der Waals surface area contributed by atoms with Gasteiger partial charge in [0.1, 0.15) is 0 Å². The van der Waals surface area contributed by atoms with Crippen LogP contribution in [-0.4, -0.2) is 21.9 Å². The van der Waals surface area contributed by atoms with Crippen LogP contribution in [0.4, 0.5) is 5.69 Å². The van der Waals surface area contributed by atoms with Gasteiger partial charge in [-0.05, 0) is 24.6 Å². The standard InChI is InChI=1S/C8H12N2O4S2/c1-6-2-3-7(4-8(6)9)15(11,12)5-16(10,13)14/h2-4H,5,9H2,1H3,(H2,10,13,14). The van der Waals surface area contributed by atoms with E-state index in [2.05, 4.69) is 5.14 Å². The number of sulfone groups is 1. The van der Waals surface area contributed by atoms with Crippen LogP contribution < -0.4 is 10.9 Å². The van der Waals surface area contributed by atoms with E-state index >= 15 is 0 Å². The third-order valence-corrected chi connectivity index (χ3v) is 5.46. The largest absolute Gasteiger partial charge is 0.398 e. The average molecular weight is 264 g/mol. The highest BCUT2D eigenvalue weighted by Gasteiger charge is 2.21. The van der Waals surface area contributed by atoms with Crippen molar-refractivity contribution in [1.82, 2.24) is 0 Å². The molecular weight excluding hydrogens is 252 g/mol. The molecule has 0 radical (unpaired) electrons. The fraction of sp³-hybridized carbons (Fsp3) is 0.250. The Bertz CT molecular complexity index is 605. The van der Waals surface area contributed by atoms with Gasteiger partial charge in [-0.15, -0.1) is 0 Å². The summed E-state index contributed by atoms with van der Waals surface area (Å²) in [5, 5.41) is 3.57. The number of aryl methyl sites for hydroxylation is 1. The van der Waals surface area contributed by atoms with E-state index in [1.165, 1.54) is 18.2 Å². The van der Waals surface area contributed by atoms with E-state index in [9.17, 15) is 16.8 Å². The van der Waals surface area contributed by atoms with Gasteiger partial charge in [0.2, 0.25) is 10.0 Å². The highest BCUT2D eigenvalue weighted by molar-refractivity contribution is 8.07. The first-order chi connectivity index (χ1) is 7.12. The summed E-state index contributed by atoms with van der Waals surface area (Å²) in [5.74, 6) is 0. The molecule has 0 atom stereocenters. The molecule has 0 bridgehead atoms. The maximum atomic E-state index is 11.6. The van der Waals surface area contributed by atoms with Crippen molar-refractivity contribution in [3.63, 3.8) is 0 Å². The van der Waals surface area contributed by atoms with Crippen LogP contribution in [0.3, 0.4) is 0 Å². The maximum absolute atomic E-state index is 11.6. The number of hydrogen-bond donors (Lipinski definition) is 2. The van der Waals surface area contributed by atoms with Gasteiger partial charge in [-0.25, -0.2) is 22.0 Å². The topological polar surface area (TPSA) is 120 Å². The number of nitrogen functional groups attached to an aromatic ring is 1. The lowest BCUT2D eigenvalue weighted by atomic mass is 10.2.